The summed E-state index contributed by atoms with van der Waals surface area (Å²) in [5, 5.41) is 11.3. The molecule has 0 aromatic heterocycles. The minimum absolute atomic E-state index is 0.0805. The molecule has 102 valence electrons. The molecule has 4 N–H and O–H groups in total. The molecule has 2 atom stereocenters. The van der Waals surface area contributed by atoms with E-state index in [0.717, 1.165) is 6.26 Å². The molecule has 0 bridgehead atoms. The van der Waals surface area contributed by atoms with E-state index in [0.29, 0.717) is 13.0 Å². The van der Waals surface area contributed by atoms with Gasteiger partial charge in [0, 0.05) is 19.4 Å². The number of rotatable bonds is 8. The predicted molar refractivity (Wildman–Crippen MR) is 66.2 cm³/mol. The zero-order chi connectivity index (χ0) is 13.5. The van der Waals surface area contributed by atoms with Crippen molar-refractivity contribution in [3.05, 3.63) is 0 Å². The number of hydrogen-bond acceptors (Lipinski definition) is 5. The van der Waals surface area contributed by atoms with Gasteiger partial charge in [0.15, 0.2) is 0 Å². The van der Waals surface area contributed by atoms with Gasteiger partial charge in [-0.05, 0) is 18.8 Å². The van der Waals surface area contributed by atoms with Crippen molar-refractivity contribution >= 4 is 15.7 Å². The van der Waals surface area contributed by atoms with Crippen LogP contribution in [0.3, 0.4) is 0 Å². The molecule has 0 aliphatic carbocycles. The van der Waals surface area contributed by atoms with Crippen molar-refractivity contribution in [1.29, 1.82) is 0 Å². The van der Waals surface area contributed by atoms with Gasteiger partial charge in [-0.3, -0.25) is 4.79 Å². The highest BCUT2D eigenvalue weighted by atomic mass is 32.2. The van der Waals surface area contributed by atoms with Crippen molar-refractivity contribution in [3.63, 3.8) is 0 Å². The Hall–Kier alpha value is -0.660. The Morgan fingerprint density at radius 1 is 1.41 bits per heavy atom. The van der Waals surface area contributed by atoms with Gasteiger partial charge < -0.3 is 16.2 Å². The standard InChI is InChI=1S/C10H22N2O4S/c1-8(3-5-13)7-12-10(14)9(11)4-6-17(2,15)16/h8-9,13H,3-7,11H2,1-2H3,(H,12,14). The van der Waals surface area contributed by atoms with E-state index in [1.807, 2.05) is 6.92 Å². The van der Waals surface area contributed by atoms with E-state index >= 15 is 0 Å². The van der Waals surface area contributed by atoms with Crippen LogP contribution in [0.25, 0.3) is 0 Å². The third-order valence-electron chi connectivity index (χ3n) is 2.38. The first-order valence-corrected chi connectivity index (χ1v) is 7.64. The normalized spacial score (nSPS) is 15.3. The third-order valence-corrected chi connectivity index (χ3v) is 3.36. The lowest BCUT2D eigenvalue weighted by Crippen LogP contribution is -2.43. The molecule has 6 nitrogen and oxygen atoms in total. The van der Waals surface area contributed by atoms with Crippen LogP contribution in [0.15, 0.2) is 0 Å². The van der Waals surface area contributed by atoms with E-state index in [1.54, 1.807) is 0 Å². The summed E-state index contributed by atoms with van der Waals surface area (Å²) in [6.45, 7) is 2.42. The Kier molecular flexibility index (Phi) is 7.33. The number of aliphatic hydroxyl groups is 1. The Balaban J connectivity index is 3.90. The molecule has 0 fully saturated rings. The summed E-state index contributed by atoms with van der Waals surface area (Å²) in [6.07, 6.45) is 1.85. The van der Waals surface area contributed by atoms with Crippen LogP contribution in [-0.2, 0) is 14.6 Å². The smallest absolute Gasteiger partial charge is 0.236 e. The summed E-state index contributed by atoms with van der Waals surface area (Å²) < 4.78 is 21.8. The van der Waals surface area contributed by atoms with Crippen molar-refractivity contribution in [3.8, 4) is 0 Å². The van der Waals surface area contributed by atoms with Crippen molar-refractivity contribution in [2.75, 3.05) is 25.2 Å². The molecular formula is C10H22N2O4S. The zero-order valence-electron chi connectivity index (χ0n) is 10.3. The van der Waals surface area contributed by atoms with Crippen molar-refractivity contribution in [2.24, 2.45) is 11.7 Å². The van der Waals surface area contributed by atoms with Crippen LogP contribution in [-0.4, -0.2) is 50.6 Å². The highest BCUT2D eigenvalue weighted by Crippen LogP contribution is 1.99. The minimum atomic E-state index is -3.09. The van der Waals surface area contributed by atoms with Crippen LogP contribution in [0, 0.1) is 5.92 Å². The Morgan fingerprint density at radius 2 is 2.00 bits per heavy atom. The van der Waals surface area contributed by atoms with E-state index in [-0.39, 0.29) is 30.6 Å². The van der Waals surface area contributed by atoms with E-state index in [9.17, 15) is 13.2 Å². The maximum absolute atomic E-state index is 11.5. The molecule has 1 amide bonds. The molecule has 0 spiro atoms. The topological polar surface area (TPSA) is 109 Å². The Morgan fingerprint density at radius 3 is 2.47 bits per heavy atom. The monoisotopic (exact) mass is 266 g/mol. The van der Waals surface area contributed by atoms with Gasteiger partial charge in [-0.25, -0.2) is 8.42 Å². The van der Waals surface area contributed by atoms with Crippen LogP contribution < -0.4 is 11.1 Å². The summed E-state index contributed by atoms with van der Waals surface area (Å²) >= 11 is 0. The van der Waals surface area contributed by atoms with Gasteiger partial charge >= 0.3 is 0 Å². The van der Waals surface area contributed by atoms with Gasteiger partial charge in [0.1, 0.15) is 9.84 Å². The molecule has 0 aliphatic heterocycles. The molecule has 0 saturated heterocycles. The largest absolute Gasteiger partial charge is 0.396 e. The zero-order valence-corrected chi connectivity index (χ0v) is 11.2. The summed E-state index contributed by atoms with van der Waals surface area (Å²) in [7, 11) is -3.09. The minimum Gasteiger partial charge on any atom is -0.396 e. The number of carbonyl (C=O) groups is 1. The van der Waals surface area contributed by atoms with Crippen LogP contribution >= 0.6 is 0 Å². The predicted octanol–water partition coefficient (Wildman–Crippen LogP) is -1.12. The molecule has 0 radical (unpaired) electrons. The molecule has 2 unspecified atom stereocenters. The average molecular weight is 266 g/mol. The van der Waals surface area contributed by atoms with Crippen molar-refractivity contribution in [2.45, 2.75) is 25.8 Å². The lowest BCUT2D eigenvalue weighted by atomic mass is 10.1. The first kappa shape index (κ1) is 16.3. The highest BCUT2D eigenvalue weighted by Gasteiger charge is 2.16. The first-order valence-electron chi connectivity index (χ1n) is 5.58. The van der Waals surface area contributed by atoms with E-state index in [4.69, 9.17) is 10.8 Å². The molecule has 0 heterocycles. The second-order valence-corrected chi connectivity index (χ2v) is 6.65. The van der Waals surface area contributed by atoms with Crippen LogP contribution in [0.1, 0.15) is 19.8 Å². The highest BCUT2D eigenvalue weighted by molar-refractivity contribution is 7.90. The fourth-order valence-corrected chi connectivity index (χ4v) is 1.88. The maximum Gasteiger partial charge on any atom is 0.236 e. The van der Waals surface area contributed by atoms with E-state index in [1.165, 1.54) is 0 Å². The van der Waals surface area contributed by atoms with Gasteiger partial charge in [0.2, 0.25) is 5.91 Å². The fourth-order valence-electron chi connectivity index (χ4n) is 1.20. The number of aliphatic hydroxyl groups excluding tert-OH is 1. The van der Waals surface area contributed by atoms with Crippen LogP contribution in [0.5, 0.6) is 0 Å². The molecule has 0 aromatic carbocycles. The number of hydrogen-bond donors (Lipinski definition) is 3. The average Bonchev–Trinajstić information content (AvgIpc) is 2.22. The molecule has 0 rings (SSSR count). The van der Waals surface area contributed by atoms with Crippen LogP contribution in [0.4, 0.5) is 0 Å². The lowest BCUT2D eigenvalue weighted by Gasteiger charge is -2.14. The maximum atomic E-state index is 11.5. The molecule has 7 heteroatoms. The summed E-state index contributed by atoms with van der Waals surface area (Å²) in [4.78, 5) is 11.5. The summed E-state index contributed by atoms with van der Waals surface area (Å²) in [5.41, 5.74) is 5.56. The third kappa shape index (κ3) is 9.08. The van der Waals surface area contributed by atoms with Gasteiger partial charge in [-0.15, -0.1) is 0 Å². The second-order valence-electron chi connectivity index (χ2n) is 4.39. The SMILES string of the molecule is CC(CCO)CNC(=O)C(N)CCS(C)(=O)=O. The molecule has 0 aliphatic rings. The van der Waals surface area contributed by atoms with E-state index in [2.05, 4.69) is 5.32 Å². The first-order chi connectivity index (χ1) is 7.76. The summed E-state index contributed by atoms with van der Waals surface area (Å²) in [5.74, 6) is -0.266. The Labute approximate surface area is 102 Å². The van der Waals surface area contributed by atoms with Gasteiger partial charge in [0.05, 0.1) is 11.8 Å². The van der Waals surface area contributed by atoms with E-state index < -0.39 is 15.9 Å². The van der Waals surface area contributed by atoms with Crippen LogP contribution in [0.2, 0.25) is 0 Å². The molecule has 0 aromatic rings. The second kappa shape index (κ2) is 7.62. The fraction of sp³-hybridized carbons (Fsp3) is 0.900. The quantitative estimate of drug-likeness (QED) is 0.516. The molecular weight excluding hydrogens is 244 g/mol. The molecule has 17 heavy (non-hydrogen) atoms. The van der Waals surface area contributed by atoms with Gasteiger partial charge in [-0.1, -0.05) is 6.92 Å². The number of carbonyl (C=O) groups excluding carboxylic acids is 1. The van der Waals surface area contributed by atoms with Crippen molar-refractivity contribution < 1.29 is 18.3 Å². The molecule has 0 saturated carbocycles. The van der Waals surface area contributed by atoms with Crippen molar-refractivity contribution in [1.82, 2.24) is 5.32 Å². The number of sulfone groups is 1. The number of nitrogens with two attached hydrogens (primary N) is 1. The number of nitrogens with one attached hydrogen (secondary N) is 1. The number of amides is 1. The van der Waals surface area contributed by atoms with Gasteiger partial charge in [0.25, 0.3) is 0 Å². The van der Waals surface area contributed by atoms with Gasteiger partial charge in [-0.2, -0.15) is 0 Å². The lowest BCUT2D eigenvalue weighted by molar-refractivity contribution is -0.122. The Bertz CT molecular complexity index is 329. The summed E-state index contributed by atoms with van der Waals surface area (Å²) in [6, 6.07) is -0.800.